The van der Waals surface area contributed by atoms with Gasteiger partial charge in [-0.1, -0.05) is 32.9 Å². The van der Waals surface area contributed by atoms with E-state index < -0.39 is 0 Å². The summed E-state index contributed by atoms with van der Waals surface area (Å²) >= 11 is 0. The molecule has 2 N–H and O–H groups in total. The van der Waals surface area contributed by atoms with Crippen LogP contribution in [0.2, 0.25) is 0 Å². The molecule has 3 heterocycles. The molecule has 1 aliphatic carbocycles. The number of piperazine rings is 2. The zero-order valence-electron chi connectivity index (χ0n) is 20.9. The third-order valence-electron chi connectivity index (χ3n) is 7.56. The summed E-state index contributed by atoms with van der Waals surface area (Å²) in [6.45, 7) is 20.3. The number of hydrogen-bond donors (Lipinski definition) is 2. The molecular formula is C27H47N5. The minimum absolute atomic E-state index is 0.242. The Labute approximate surface area is 196 Å². The van der Waals surface area contributed by atoms with E-state index in [1.807, 2.05) is 0 Å². The second kappa shape index (κ2) is 11.3. The Kier molecular flexibility index (Phi) is 8.49. The molecule has 4 fully saturated rings. The van der Waals surface area contributed by atoms with Crippen LogP contribution in [0, 0.1) is 5.92 Å². The molecule has 3 aliphatic heterocycles. The molecule has 1 saturated carbocycles. The maximum atomic E-state index is 3.22. The Balaban J connectivity index is 0.000000354. The molecule has 1 aromatic carbocycles. The quantitative estimate of drug-likeness (QED) is 0.750. The van der Waals surface area contributed by atoms with Gasteiger partial charge in [0.2, 0.25) is 0 Å². The van der Waals surface area contributed by atoms with Crippen molar-refractivity contribution in [3.8, 4) is 0 Å². The maximum absolute atomic E-state index is 3.22. The lowest BCUT2D eigenvalue weighted by Gasteiger charge is -2.40. The largest absolute Gasteiger partial charge is 0.369 e. The van der Waals surface area contributed by atoms with Crippen molar-refractivity contribution in [2.45, 2.75) is 57.9 Å². The van der Waals surface area contributed by atoms with E-state index in [2.05, 4.69) is 70.4 Å². The molecule has 1 unspecified atom stereocenters. The Morgan fingerprint density at radius 3 is 1.97 bits per heavy atom. The Morgan fingerprint density at radius 2 is 1.44 bits per heavy atom. The lowest BCUT2D eigenvalue weighted by Crippen LogP contribution is -2.49. The van der Waals surface area contributed by atoms with Crippen molar-refractivity contribution in [3.05, 3.63) is 29.8 Å². The van der Waals surface area contributed by atoms with Crippen LogP contribution in [0.15, 0.2) is 24.3 Å². The first-order chi connectivity index (χ1) is 15.5. The SMILES string of the molecule is C1CNCCN1.CC(C)(C)c1ccc(N2CCN(CC3CCCN(C4CC4)C3)CC2)cc1. The van der Waals surface area contributed by atoms with E-state index in [9.17, 15) is 0 Å². The summed E-state index contributed by atoms with van der Waals surface area (Å²) in [5.74, 6) is 0.905. The highest BCUT2D eigenvalue weighted by molar-refractivity contribution is 5.49. The van der Waals surface area contributed by atoms with E-state index in [4.69, 9.17) is 0 Å². The first-order valence-electron chi connectivity index (χ1n) is 13.2. The highest BCUT2D eigenvalue weighted by Gasteiger charge is 2.33. The minimum atomic E-state index is 0.242. The van der Waals surface area contributed by atoms with E-state index in [-0.39, 0.29) is 5.41 Å². The molecule has 0 amide bonds. The Morgan fingerprint density at radius 1 is 0.812 bits per heavy atom. The fraction of sp³-hybridized carbons (Fsp3) is 0.778. The normalized spacial score (nSPS) is 25.8. The molecule has 0 radical (unpaired) electrons. The number of benzene rings is 1. The highest BCUT2D eigenvalue weighted by atomic mass is 15.3. The number of nitrogens with zero attached hydrogens (tertiary/aromatic N) is 3. The van der Waals surface area contributed by atoms with Crippen LogP contribution in [-0.4, -0.2) is 87.8 Å². The lowest BCUT2D eigenvalue weighted by molar-refractivity contribution is 0.124. The zero-order valence-corrected chi connectivity index (χ0v) is 20.9. The fourth-order valence-corrected chi connectivity index (χ4v) is 5.35. The third kappa shape index (κ3) is 7.18. The van der Waals surface area contributed by atoms with Crippen molar-refractivity contribution in [1.29, 1.82) is 0 Å². The molecule has 180 valence electrons. The van der Waals surface area contributed by atoms with E-state index in [0.717, 1.165) is 38.1 Å². The highest BCUT2D eigenvalue weighted by Crippen LogP contribution is 2.31. The van der Waals surface area contributed by atoms with Crippen molar-refractivity contribution < 1.29 is 0 Å². The van der Waals surface area contributed by atoms with Gasteiger partial charge in [0, 0.05) is 77.2 Å². The first-order valence-corrected chi connectivity index (χ1v) is 13.2. The van der Waals surface area contributed by atoms with Gasteiger partial charge in [-0.3, -0.25) is 4.90 Å². The summed E-state index contributed by atoms with van der Waals surface area (Å²) in [7, 11) is 0. The molecule has 5 nitrogen and oxygen atoms in total. The van der Waals surface area contributed by atoms with Crippen LogP contribution in [0.3, 0.4) is 0 Å². The molecular weight excluding hydrogens is 394 g/mol. The van der Waals surface area contributed by atoms with Crippen molar-refractivity contribution in [2.75, 3.05) is 76.9 Å². The maximum Gasteiger partial charge on any atom is 0.0367 e. The summed E-state index contributed by atoms with van der Waals surface area (Å²) in [6.07, 6.45) is 5.78. The van der Waals surface area contributed by atoms with Crippen LogP contribution >= 0.6 is 0 Å². The van der Waals surface area contributed by atoms with Crippen LogP contribution in [0.5, 0.6) is 0 Å². The standard InChI is InChI=1S/C23H37N3.C4H10N2/c1-23(2,3)20-6-8-21(9-7-20)25-15-13-24(14-16-25)17-19-5-4-12-26(18-19)22-10-11-22;1-2-6-4-3-5-1/h6-9,19,22H,4-5,10-18H2,1-3H3;5-6H,1-4H2. The molecule has 5 rings (SSSR count). The number of nitrogens with one attached hydrogen (secondary N) is 2. The number of anilines is 1. The molecule has 4 aliphatic rings. The monoisotopic (exact) mass is 441 g/mol. The van der Waals surface area contributed by atoms with Crippen molar-refractivity contribution in [3.63, 3.8) is 0 Å². The predicted octanol–water partition coefficient (Wildman–Crippen LogP) is 3.16. The van der Waals surface area contributed by atoms with Gasteiger partial charge in [0.1, 0.15) is 0 Å². The van der Waals surface area contributed by atoms with Gasteiger partial charge in [0.25, 0.3) is 0 Å². The molecule has 32 heavy (non-hydrogen) atoms. The van der Waals surface area contributed by atoms with Crippen molar-refractivity contribution in [1.82, 2.24) is 20.4 Å². The number of likely N-dealkylation sites (tertiary alicyclic amines) is 1. The topological polar surface area (TPSA) is 33.8 Å². The predicted molar refractivity (Wildman–Crippen MR) is 137 cm³/mol. The van der Waals surface area contributed by atoms with Crippen LogP contribution in [-0.2, 0) is 5.41 Å². The summed E-state index contributed by atoms with van der Waals surface area (Å²) in [6, 6.07) is 10.2. The summed E-state index contributed by atoms with van der Waals surface area (Å²) in [5, 5.41) is 6.44. The molecule has 3 saturated heterocycles. The van der Waals surface area contributed by atoms with Gasteiger partial charge in [-0.25, -0.2) is 0 Å². The van der Waals surface area contributed by atoms with Gasteiger partial charge < -0.3 is 20.4 Å². The van der Waals surface area contributed by atoms with Gasteiger partial charge in [-0.2, -0.15) is 0 Å². The Bertz CT molecular complexity index is 655. The van der Waals surface area contributed by atoms with Crippen LogP contribution in [0.1, 0.15) is 52.0 Å². The second-order valence-electron chi connectivity index (χ2n) is 11.3. The third-order valence-corrected chi connectivity index (χ3v) is 7.56. The van der Waals surface area contributed by atoms with E-state index in [0.29, 0.717) is 0 Å². The Hall–Kier alpha value is -1.14. The lowest BCUT2D eigenvalue weighted by atomic mass is 9.87. The van der Waals surface area contributed by atoms with Crippen LogP contribution < -0.4 is 15.5 Å². The van der Waals surface area contributed by atoms with Crippen molar-refractivity contribution in [2.24, 2.45) is 5.92 Å². The van der Waals surface area contributed by atoms with Gasteiger partial charge >= 0.3 is 0 Å². The van der Waals surface area contributed by atoms with Crippen LogP contribution in [0.4, 0.5) is 5.69 Å². The average Bonchev–Trinajstić information content (AvgIpc) is 3.67. The van der Waals surface area contributed by atoms with E-state index >= 15 is 0 Å². The molecule has 1 aromatic rings. The van der Waals surface area contributed by atoms with E-state index in [1.165, 1.54) is 82.7 Å². The fourth-order valence-electron chi connectivity index (χ4n) is 5.35. The summed E-state index contributed by atoms with van der Waals surface area (Å²) < 4.78 is 0. The zero-order chi connectivity index (χ0) is 22.4. The summed E-state index contributed by atoms with van der Waals surface area (Å²) in [5.41, 5.74) is 3.07. The van der Waals surface area contributed by atoms with Crippen molar-refractivity contribution >= 4 is 5.69 Å². The number of piperidine rings is 1. The number of hydrogen-bond acceptors (Lipinski definition) is 5. The molecule has 0 bridgehead atoms. The molecule has 0 spiro atoms. The molecule has 1 atom stereocenters. The van der Waals surface area contributed by atoms with Gasteiger partial charge in [-0.15, -0.1) is 0 Å². The van der Waals surface area contributed by atoms with Gasteiger partial charge in [0.05, 0.1) is 0 Å². The number of rotatable bonds is 4. The molecule has 0 aromatic heterocycles. The average molecular weight is 442 g/mol. The summed E-state index contributed by atoms with van der Waals surface area (Å²) in [4.78, 5) is 8.07. The van der Waals surface area contributed by atoms with Gasteiger partial charge in [-0.05, 0) is 61.3 Å². The second-order valence-corrected chi connectivity index (χ2v) is 11.3. The molecule has 5 heteroatoms. The van der Waals surface area contributed by atoms with Gasteiger partial charge in [0.15, 0.2) is 0 Å². The van der Waals surface area contributed by atoms with E-state index in [1.54, 1.807) is 0 Å². The first kappa shape index (κ1) is 24.0. The smallest absolute Gasteiger partial charge is 0.0367 e. The minimum Gasteiger partial charge on any atom is -0.369 e. The van der Waals surface area contributed by atoms with Crippen LogP contribution in [0.25, 0.3) is 0 Å².